The SMILES string of the molecule is CC(C)N(C=O)C(C(=O)O)c1cccc2c1OC(C)(C)C2. The average Bonchev–Trinajstić information content (AvgIpc) is 2.68. The van der Waals surface area contributed by atoms with Gasteiger partial charge in [0.05, 0.1) is 0 Å². The van der Waals surface area contributed by atoms with E-state index in [1.54, 1.807) is 19.9 Å². The van der Waals surface area contributed by atoms with Crippen LogP contribution in [-0.2, 0) is 16.0 Å². The lowest BCUT2D eigenvalue weighted by atomic mass is 9.97. The molecular formula is C16H21NO4. The largest absolute Gasteiger partial charge is 0.487 e. The predicted octanol–water partition coefficient (Wildman–Crippen LogP) is 2.39. The summed E-state index contributed by atoms with van der Waals surface area (Å²) in [6, 6.07) is 4.23. The Labute approximate surface area is 124 Å². The van der Waals surface area contributed by atoms with Crippen LogP contribution < -0.4 is 4.74 Å². The molecule has 5 nitrogen and oxygen atoms in total. The molecule has 0 saturated heterocycles. The predicted molar refractivity (Wildman–Crippen MR) is 78.3 cm³/mol. The number of carbonyl (C=O) groups excluding carboxylic acids is 1. The zero-order chi connectivity index (χ0) is 15.8. The molecule has 0 bridgehead atoms. The molecule has 1 N–H and O–H groups in total. The van der Waals surface area contributed by atoms with Gasteiger partial charge in [0.2, 0.25) is 6.41 Å². The van der Waals surface area contributed by atoms with Crippen LogP contribution in [0.4, 0.5) is 0 Å². The van der Waals surface area contributed by atoms with E-state index in [0.717, 1.165) is 12.0 Å². The van der Waals surface area contributed by atoms with Crippen LogP contribution in [-0.4, -0.2) is 34.0 Å². The van der Waals surface area contributed by atoms with Crippen molar-refractivity contribution in [3.8, 4) is 5.75 Å². The molecule has 0 aromatic heterocycles. The van der Waals surface area contributed by atoms with Gasteiger partial charge in [0.25, 0.3) is 0 Å². The van der Waals surface area contributed by atoms with Crippen molar-refractivity contribution >= 4 is 12.4 Å². The van der Waals surface area contributed by atoms with Crippen molar-refractivity contribution in [2.75, 3.05) is 0 Å². The zero-order valence-corrected chi connectivity index (χ0v) is 12.8. The maximum Gasteiger partial charge on any atom is 0.331 e. The van der Waals surface area contributed by atoms with Gasteiger partial charge in [0.15, 0.2) is 6.04 Å². The normalized spacial score (nSPS) is 17.0. The van der Waals surface area contributed by atoms with Gasteiger partial charge in [-0.3, -0.25) is 4.79 Å². The molecule has 1 aromatic rings. The third-order valence-electron chi connectivity index (χ3n) is 3.67. The molecule has 1 amide bonds. The molecule has 0 radical (unpaired) electrons. The number of amides is 1. The molecule has 1 aliphatic heterocycles. The number of fused-ring (bicyclic) bond motifs is 1. The summed E-state index contributed by atoms with van der Waals surface area (Å²) < 4.78 is 5.93. The van der Waals surface area contributed by atoms with Gasteiger partial charge in [-0.05, 0) is 33.3 Å². The summed E-state index contributed by atoms with van der Waals surface area (Å²) in [6.45, 7) is 7.51. The highest BCUT2D eigenvalue weighted by Crippen LogP contribution is 2.41. The minimum absolute atomic E-state index is 0.214. The molecule has 1 unspecified atom stereocenters. The van der Waals surface area contributed by atoms with Crippen LogP contribution in [0, 0.1) is 0 Å². The molecule has 1 atom stereocenters. The zero-order valence-electron chi connectivity index (χ0n) is 12.8. The quantitative estimate of drug-likeness (QED) is 0.846. The van der Waals surface area contributed by atoms with Crippen LogP contribution in [0.3, 0.4) is 0 Å². The highest BCUT2D eigenvalue weighted by atomic mass is 16.5. The van der Waals surface area contributed by atoms with Gasteiger partial charge >= 0.3 is 5.97 Å². The first kappa shape index (κ1) is 15.4. The Hall–Kier alpha value is -2.04. The number of nitrogens with zero attached hydrogens (tertiary/aromatic N) is 1. The molecule has 0 saturated carbocycles. The minimum atomic E-state index is -1.06. The van der Waals surface area contributed by atoms with Gasteiger partial charge in [-0.2, -0.15) is 0 Å². The third kappa shape index (κ3) is 2.86. The Kier molecular flexibility index (Phi) is 3.94. The first-order valence-corrected chi connectivity index (χ1v) is 7.03. The molecule has 2 rings (SSSR count). The van der Waals surface area contributed by atoms with Crippen LogP contribution in [0.5, 0.6) is 5.75 Å². The van der Waals surface area contributed by atoms with Gasteiger partial charge in [0, 0.05) is 18.0 Å². The van der Waals surface area contributed by atoms with Crippen LogP contribution in [0.2, 0.25) is 0 Å². The summed E-state index contributed by atoms with van der Waals surface area (Å²) in [7, 11) is 0. The second kappa shape index (κ2) is 5.39. The van der Waals surface area contributed by atoms with Crippen LogP contribution >= 0.6 is 0 Å². The summed E-state index contributed by atoms with van der Waals surface area (Å²) in [5, 5.41) is 9.58. The maximum absolute atomic E-state index is 11.7. The van der Waals surface area contributed by atoms with E-state index < -0.39 is 12.0 Å². The van der Waals surface area contributed by atoms with E-state index in [9.17, 15) is 14.7 Å². The number of aliphatic carboxylic acids is 1. The van der Waals surface area contributed by atoms with Crippen molar-refractivity contribution in [1.82, 2.24) is 4.90 Å². The molecule has 1 aromatic carbocycles. The average molecular weight is 291 g/mol. The molecule has 0 fully saturated rings. The first-order chi connectivity index (χ1) is 9.76. The summed E-state index contributed by atoms with van der Waals surface area (Å²) in [4.78, 5) is 24.3. The standard InChI is InChI=1S/C16H21NO4/c1-10(2)17(9-18)13(15(19)20)12-7-5-6-11-8-16(3,4)21-14(11)12/h5-7,9-10,13H,8H2,1-4H3,(H,19,20). The fraction of sp³-hybridized carbons (Fsp3) is 0.500. The number of carbonyl (C=O) groups is 2. The molecule has 114 valence electrons. The Bertz CT molecular complexity index is 565. The van der Waals surface area contributed by atoms with Crippen LogP contribution in [0.15, 0.2) is 18.2 Å². The number of hydrogen-bond donors (Lipinski definition) is 1. The van der Waals surface area contributed by atoms with Crippen molar-refractivity contribution < 1.29 is 19.4 Å². The summed E-state index contributed by atoms with van der Waals surface area (Å²) >= 11 is 0. The Morgan fingerprint density at radius 2 is 2.10 bits per heavy atom. The van der Waals surface area contributed by atoms with Crippen LogP contribution in [0.1, 0.15) is 44.9 Å². The van der Waals surface area contributed by atoms with E-state index in [0.29, 0.717) is 17.7 Å². The van der Waals surface area contributed by atoms with E-state index in [-0.39, 0.29) is 11.6 Å². The highest BCUT2D eigenvalue weighted by Gasteiger charge is 2.37. The second-order valence-corrected chi connectivity index (χ2v) is 6.26. The van der Waals surface area contributed by atoms with Gasteiger partial charge in [-0.15, -0.1) is 0 Å². The Morgan fingerprint density at radius 3 is 2.62 bits per heavy atom. The lowest BCUT2D eigenvalue weighted by Crippen LogP contribution is -2.38. The summed E-state index contributed by atoms with van der Waals surface area (Å²) in [5.74, 6) is -0.458. The monoisotopic (exact) mass is 291 g/mol. The van der Waals surface area contributed by atoms with E-state index >= 15 is 0 Å². The lowest BCUT2D eigenvalue weighted by molar-refractivity contribution is -0.148. The number of carboxylic acids is 1. The van der Waals surface area contributed by atoms with Crippen molar-refractivity contribution in [2.24, 2.45) is 0 Å². The summed E-state index contributed by atoms with van der Waals surface area (Å²) in [5.41, 5.74) is 1.16. The van der Waals surface area contributed by atoms with Gasteiger partial charge < -0.3 is 14.7 Å². The smallest absolute Gasteiger partial charge is 0.331 e. The maximum atomic E-state index is 11.7. The highest BCUT2D eigenvalue weighted by molar-refractivity contribution is 5.80. The Balaban J connectivity index is 2.52. The molecule has 5 heteroatoms. The second-order valence-electron chi connectivity index (χ2n) is 6.26. The van der Waals surface area contributed by atoms with Gasteiger partial charge in [-0.25, -0.2) is 4.79 Å². The van der Waals surface area contributed by atoms with Crippen molar-refractivity contribution in [3.63, 3.8) is 0 Å². The third-order valence-corrected chi connectivity index (χ3v) is 3.67. The number of benzene rings is 1. The number of rotatable bonds is 5. The molecule has 0 aliphatic carbocycles. The van der Waals surface area contributed by atoms with Crippen LogP contribution in [0.25, 0.3) is 0 Å². The lowest BCUT2D eigenvalue weighted by Gasteiger charge is -2.30. The Morgan fingerprint density at radius 1 is 1.43 bits per heavy atom. The van der Waals surface area contributed by atoms with E-state index in [4.69, 9.17) is 4.74 Å². The minimum Gasteiger partial charge on any atom is -0.487 e. The topological polar surface area (TPSA) is 66.8 Å². The number of carboxylic acid groups (broad SMARTS) is 1. The molecular weight excluding hydrogens is 270 g/mol. The molecule has 0 spiro atoms. The first-order valence-electron chi connectivity index (χ1n) is 7.03. The van der Waals surface area contributed by atoms with Crippen molar-refractivity contribution in [2.45, 2.75) is 51.8 Å². The fourth-order valence-electron chi connectivity index (χ4n) is 2.76. The number of hydrogen-bond acceptors (Lipinski definition) is 3. The molecule has 21 heavy (non-hydrogen) atoms. The van der Waals surface area contributed by atoms with E-state index in [1.165, 1.54) is 4.90 Å². The van der Waals surface area contributed by atoms with Crippen molar-refractivity contribution in [1.29, 1.82) is 0 Å². The molecule has 1 aliphatic rings. The summed E-state index contributed by atoms with van der Waals surface area (Å²) in [6.07, 6.45) is 1.31. The fourth-order valence-corrected chi connectivity index (χ4v) is 2.76. The van der Waals surface area contributed by atoms with Crippen molar-refractivity contribution in [3.05, 3.63) is 29.3 Å². The number of ether oxygens (including phenoxy) is 1. The molecule has 1 heterocycles. The van der Waals surface area contributed by atoms with Gasteiger partial charge in [0.1, 0.15) is 11.4 Å². The number of para-hydroxylation sites is 1. The van der Waals surface area contributed by atoms with Gasteiger partial charge in [-0.1, -0.05) is 18.2 Å². The van der Waals surface area contributed by atoms with E-state index in [2.05, 4.69) is 0 Å². The van der Waals surface area contributed by atoms with E-state index in [1.807, 2.05) is 26.0 Å².